The third-order valence-corrected chi connectivity index (χ3v) is 3.57. The van der Waals surface area contributed by atoms with Crippen molar-refractivity contribution in [3.05, 3.63) is 35.4 Å². The maximum absolute atomic E-state index is 12.2. The number of hydrogen-bond acceptors (Lipinski definition) is 1. The van der Waals surface area contributed by atoms with Crippen molar-refractivity contribution < 1.29 is 4.79 Å². The number of carbonyl (C=O) groups is 1. The van der Waals surface area contributed by atoms with E-state index in [4.69, 9.17) is 11.6 Å². The molecule has 0 atom stereocenters. The molecule has 0 saturated carbocycles. The average molecular weight is 282 g/mol. The monoisotopic (exact) mass is 281 g/mol. The molecule has 106 valence electrons. The number of halogens is 1. The molecule has 0 aromatic heterocycles. The molecule has 0 heterocycles. The van der Waals surface area contributed by atoms with Gasteiger partial charge in [-0.25, -0.2) is 0 Å². The first-order valence-corrected chi connectivity index (χ1v) is 7.51. The minimum absolute atomic E-state index is 0.0983. The normalized spacial score (nSPS) is 10.8. The molecule has 2 nitrogen and oxygen atoms in total. The Kier molecular flexibility index (Phi) is 6.93. The van der Waals surface area contributed by atoms with E-state index in [2.05, 4.69) is 13.8 Å². The van der Waals surface area contributed by atoms with E-state index >= 15 is 0 Å². The molecule has 0 saturated heterocycles. The van der Waals surface area contributed by atoms with Crippen molar-refractivity contribution in [2.75, 3.05) is 19.5 Å². The summed E-state index contributed by atoms with van der Waals surface area (Å²) in [6.07, 6.45) is 3.11. The van der Waals surface area contributed by atoms with E-state index in [0.717, 1.165) is 31.4 Å². The van der Waals surface area contributed by atoms with Crippen LogP contribution in [0.3, 0.4) is 0 Å². The SMILES string of the molecule is CC(C)c1ccc(C(=O)N(C)CCCCCCl)cc1. The molecule has 0 spiro atoms. The summed E-state index contributed by atoms with van der Waals surface area (Å²) in [6, 6.07) is 7.93. The Hall–Kier alpha value is -1.02. The molecule has 1 rings (SSSR count). The molecule has 0 aliphatic rings. The molecule has 0 N–H and O–H groups in total. The van der Waals surface area contributed by atoms with E-state index in [1.807, 2.05) is 31.3 Å². The first kappa shape index (κ1) is 16.0. The summed E-state index contributed by atoms with van der Waals surface area (Å²) >= 11 is 5.64. The van der Waals surface area contributed by atoms with E-state index in [1.165, 1.54) is 5.56 Å². The molecule has 0 aliphatic carbocycles. The summed E-state index contributed by atoms with van der Waals surface area (Å²) in [7, 11) is 1.86. The fourth-order valence-corrected chi connectivity index (χ4v) is 2.14. The zero-order valence-electron chi connectivity index (χ0n) is 12.2. The number of amides is 1. The van der Waals surface area contributed by atoms with Gasteiger partial charge in [-0.2, -0.15) is 0 Å². The van der Waals surface area contributed by atoms with Gasteiger partial charge in [0.15, 0.2) is 0 Å². The molecule has 0 bridgehead atoms. The van der Waals surface area contributed by atoms with Crippen molar-refractivity contribution in [3.8, 4) is 0 Å². The fourth-order valence-electron chi connectivity index (χ4n) is 1.95. The molecule has 1 amide bonds. The lowest BCUT2D eigenvalue weighted by Gasteiger charge is -2.17. The Bertz CT molecular complexity index is 386. The Morgan fingerprint density at radius 1 is 1.16 bits per heavy atom. The van der Waals surface area contributed by atoms with Crippen LogP contribution >= 0.6 is 11.6 Å². The van der Waals surface area contributed by atoms with Crippen LogP contribution in [0.15, 0.2) is 24.3 Å². The fraction of sp³-hybridized carbons (Fsp3) is 0.562. The lowest BCUT2D eigenvalue weighted by molar-refractivity contribution is 0.0792. The van der Waals surface area contributed by atoms with Crippen LogP contribution in [0.2, 0.25) is 0 Å². The van der Waals surface area contributed by atoms with Crippen molar-refractivity contribution in [3.63, 3.8) is 0 Å². The maximum atomic E-state index is 12.2. The van der Waals surface area contributed by atoms with Gasteiger partial charge >= 0.3 is 0 Å². The molecular weight excluding hydrogens is 258 g/mol. The zero-order valence-corrected chi connectivity index (χ0v) is 12.9. The van der Waals surface area contributed by atoms with E-state index < -0.39 is 0 Å². The van der Waals surface area contributed by atoms with Crippen LogP contribution in [0.5, 0.6) is 0 Å². The average Bonchev–Trinajstić information content (AvgIpc) is 2.42. The van der Waals surface area contributed by atoms with Gasteiger partial charge in [0, 0.05) is 25.0 Å². The topological polar surface area (TPSA) is 20.3 Å². The van der Waals surface area contributed by atoms with Crippen LogP contribution in [0.4, 0.5) is 0 Å². The smallest absolute Gasteiger partial charge is 0.253 e. The van der Waals surface area contributed by atoms with E-state index in [-0.39, 0.29) is 5.91 Å². The molecule has 0 fully saturated rings. The van der Waals surface area contributed by atoms with Gasteiger partial charge in [0.1, 0.15) is 0 Å². The summed E-state index contributed by atoms with van der Waals surface area (Å²) in [5, 5.41) is 0. The highest BCUT2D eigenvalue weighted by molar-refractivity contribution is 6.17. The minimum atomic E-state index is 0.0983. The summed E-state index contributed by atoms with van der Waals surface area (Å²) in [6.45, 7) is 5.10. The first-order chi connectivity index (χ1) is 9.06. The van der Waals surface area contributed by atoms with Crippen LogP contribution in [-0.2, 0) is 0 Å². The number of hydrogen-bond donors (Lipinski definition) is 0. The predicted molar refractivity (Wildman–Crippen MR) is 82.1 cm³/mol. The third-order valence-electron chi connectivity index (χ3n) is 3.30. The quantitative estimate of drug-likeness (QED) is 0.539. The van der Waals surface area contributed by atoms with Gasteiger partial charge in [0.25, 0.3) is 5.91 Å². The van der Waals surface area contributed by atoms with Crippen LogP contribution in [-0.4, -0.2) is 30.3 Å². The van der Waals surface area contributed by atoms with E-state index in [9.17, 15) is 4.79 Å². The Morgan fingerprint density at radius 2 is 1.79 bits per heavy atom. The second kappa shape index (κ2) is 8.21. The lowest BCUT2D eigenvalue weighted by Crippen LogP contribution is -2.27. The molecule has 1 aromatic carbocycles. The van der Waals surface area contributed by atoms with Gasteiger partial charge in [-0.1, -0.05) is 32.4 Å². The molecule has 3 heteroatoms. The molecule has 19 heavy (non-hydrogen) atoms. The molecular formula is C16H24ClNO. The summed E-state index contributed by atoms with van der Waals surface area (Å²) < 4.78 is 0. The van der Waals surface area contributed by atoms with Crippen LogP contribution in [0, 0.1) is 0 Å². The summed E-state index contributed by atoms with van der Waals surface area (Å²) in [5.74, 6) is 1.30. The minimum Gasteiger partial charge on any atom is -0.342 e. The molecule has 0 radical (unpaired) electrons. The molecule has 0 unspecified atom stereocenters. The first-order valence-electron chi connectivity index (χ1n) is 6.97. The summed E-state index contributed by atoms with van der Waals surface area (Å²) in [5.41, 5.74) is 2.03. The number of rotatable bonds is 7. The number of benzene rings is 1. The zero-order chi connectivity index (χ0) is 14.3. The highest BCUT2D eigenvalue weighted by Gasteiger charge is 2.11. The van der Waals surface area contributed by atoms with Crippen LogP contribution in [0.25, 0.3) is 0 Å². The number of alkyl halides is 1. The summed E-state index contributed by atoms with van der Waals surface area (Å²) in [4.78, 5) is 14.0. The van der Waals surface area contributed by atoms with Crippen molar-refractivity contribution in [1.82, 2.24) is 4.90 Å². The van der Waals surface area contributed by atoms with E-state index in [1.54, 1.807) is 4.90 Å². The highest BCUT2D eigenvalue weighted by Crippen LogP contribution is 2.15. The highest BCUT2D eigenvalue weighted by atomic mass is 35.5. The lowest BCUT2D eigenvalue weighted by atomic mass is 10.0. The van der Waals surface area contributed by atoms with Gasteiger partial charge in [0.05, 0.1) is 0 Å². The standard InChI is InChI=1S/C16H24ClNO/c1-13(2)14-7-9-15(10-8-14)16(19)18(3)12-6-4-5-11-17/h7-10,13H,4-6,11-12H2,1-3H3. The van der Waals surface area contributed by atoms with E-state index in [0.29, 0.717) is 11.8 Å². The second-order valence-corrected chi connectivity index (χ2v) is 5.63. The molecule has 1 aromatic rings. The van der Waals surface area contributed by atoms with Crippen LogP contribution in [0.1, 0.15) is 54.9 Å². The van der Waals surface area contributed by atoms with Gasteiger partial charge in [0.2, 0.25) is 0 Å². The van der Waals surface area contributed by atoms with Gasteiger partial charge in [-0.3, -0.25) is 4.79 Å². The third kappa shape index (κ3) is 5.23. The van der Waals surface area contributed by atoms with Crippen molar-refractivity contribution in [2.45, 2.75) is 39.0 Å². The Morgan fingerprint density at radius 3 is 2.32 bits per heavy atom. The predicted octanol–water partition coefficient (Wildman–Crippen LogP) is 4.29. The number of unbranched alkanes of at least 4 members (excludes halogenated alkanes) is 2. The second-order valence-electron chi connectivity index (χ2n) is 5.25. The van der Waals surface area contributed by atoms with Gasteiger partial charge in [-0.05, 0) is 36.5 Å². The van der Waals surface area contributed by atoms with Crippen LogP contribution < -0.4 is 0 Å². The van der Waals surface area contributed by atoms with Crippen molar-refractivity contribution in [2.24, 2.45) is 0 Å². The van der Waals surface area contributed by atoms with Crippen molar-refractivity contribution in [1.29, 1.82) is 0 Å². The van der Waals surface area contributed by atoms with Gasteiger partial charge < -0.3 is 4.90 Å². The van der Waals surface area contributed by atoms with Gasteiger partial charge in [-0.15, -0.1) is 11.6 Å². The Labute approximate surface area is 121 Å². The number of nitrogens with zero attached hydrogens (tertiary/aromatic N) is 1. The largest absolute Gasteiger partial charge is 0.342 e. The van der Waals surface area contributed by atoms with Crippen molar-refractivity contribution >= 4 is 17.5 Å². The molecule has 0 aliphatic heterocycles. The number of carbonyl (C=O) groups excluding carboxylic acids is 1. The Balaban J connectivity index is 2.51. The maximum Gasteiger partial charge on any atom is 0.253 e.